The molecular weight excluding hydrogens is 531 g/mol. The first-order valence-corrected chi connectivity index (χ1v) is 14.5. The van der Waals surface area contributed by atoms with Gasteiger partial charge in [0.05, 0.1) is 22.1 Å². The van der Waals surface area contributed by atoms with E-state index in [9.17, 15) is 21.9 Å². The van der Waals surface area contributed by atoms with E-state index < -0.39 is 26.1 Å². The summed E-state index contributed by atoms with van der Waals surface area (Å²) >= 11 is 12.1. The summed E-state index contributed by atoms with van der Waals surface area (Å²) < 4.78 is 56.1. The van der Waals surface area contributed by atoms with Gasteiger partial charge in [-0.05, 0) is 68.3 Å². The number of nitrogens with zero attached hydrogens (tertiary/aromatic N) is 1. The number of aliphatic hydroxyl groups is 1. The van der Waals surface area contributed by atoms with E-state index in [0.29, 0.717) is 28.5 Å². The van der Waals surface area contributed by atoms with E-state index in [0.717, 1.165) is 0 Å². The van der Waals surface area contributed by atoms with Gasteiger partial charge in [0.25, 0.3) is 10.0 Å². The second-order valence-electron chi connectivity index (χ2n) is 7.89. The van der Waals surface area contributed by atoms with Crippen LogP contribution in [-0.4, -0.2) is 34.5 Å². The lowest BCUT2D eigenvalue weighted by Gasteiger charge is -2.32. The second-order valence-corrected chi connectivity index (χ2v) is 12.3. The molecule has 0 heterocycles. The van der Waals surface area contributed by atoms with Gasteiger partial charge in [0.15, 0.2) is 0 Å². The first-order chi connectivity index (χ1) is 16.6. The molecule has 0 spiro atoms. The highest BCUT2D eigenvalue weighted by molar-refractivity contribution is 7.92. The van der Waals surface area contributed by atoms with Crippen molar-refractivity contribution in [3.8, 4) is 0 Å². The summed E-state index contributed by atoms with van der Waals surface area (Å²) in [5, 5.41) is 10.6. The molecule has 3 rings (SSSR count). The summed E-state index contributed by atoms with van der Waals surface area (Å²) in [7, 11) is -7.73. The highest BCUT2D eigenvalue weighted by Crippen LogP contribution is 2.33. The minimum Gasteiger partial charge on any atom is -0.392 e. The van der Waals surface area contributed by atoms with Crippen molar-refractivity contribution in [1.29, 1.82) is 0 Å². The Balaban J connectivity index is 1.85. The van der Waals surface area contributed by atoms with Gasteiger partial charge in [-0.3, -0.25) is 4.31 Å². The van der Waals surface area contributed by atoms with Crippen LogP contribution in [0.1, 0.15) is 25.3 Å². The third-order valence-corrected chi connectivity index (χ3v) is 9.28. The number of sulfonamides is 2. The molecule has 0 aliphatic heterocycles. The van der Waals surface area contributed by atoms with Gasteiger partial charge in [-0.25, -0.2) is 21.6 Å². The van der Waals surface area contributed by atoms with Crippen molar-refractivity contribution < 1.29 is 21.9 Å². The molecule has 11 heteroatoms. The zero-order valence-corrected chi connectivity index (χ0v) is 22.1. The Morgan fingerprint density at radius 1 is 0.886 bits per heavy atom. The number of hydrogen-bond acceptors (Lipinski definition) is 5. The average molecular weight is 558 g/mol. The van der Waals surface area contributed by atoms with Crippen LogP contribution in [0.2, 0.25) is 10.0 Å². The van der Waals surface area contributed by atoms with Crippen molar-refractivity contribution in [3.05, 3.63) is 88.4 Å². The Labute approximate surface area is 216 Å². The van der Waals surface area contributed by atoms with Crippen molar-refractivity contribution in [1.82, 2.24) is 4.72 Å². The standard InChI is InChI=1S/C24H26Cl2N2O5S2/c1-18(6-5-15-27-34(30,31)22-7-3-2-4-8-22)28(24-16-21(26)10-9-19(24)17-29)35(32,33)23-13-11-20(25)12-14-23/h2-4,7-14,16,18,27,29H,5-6,15,17H2,1H3/t18-/m1/s1. The largest absolute Gasteiger partial charge is 0.392 e. The predicted molar refractivity (Wildman–Crippen MR) is 139 cm³/mol. The molecule has 0 aliphatic carbocycles. The molecule has 0 saturated heterocycles. The Hall–Kier alpha value is -2.14. The number of aliphatic hydroxyl groups excluding tert-OH is 1. The zero-order valence-electron chi connectivity index (χ0n) is 18.9. The van der Waals surface area contributed by atoms with Gasteiger partial charge in [0, 0.05) is 28.2 Å². The Kier molecular flexibility index (Phi) is 9.20. The minimum absolute atomic E-state index is 0.0300. The quantitative estimate of drug-likeness (QED) is 0.329. The van der Waals surface area contributed by atoms with E-state index in [2.05, 4.69) is 4.72 Å². The first-order valence-electron chi connectivity index (χ1n) is 10.8. The zero-order chi connectivity index (χ0) is 25.6. The number of rotatable bonds is 11. The lowest BCUT2D eigenvalue weighted by molar-refractivity contribution is 0.282. The monoisotopic (exact) mass is 556 g/mol. The third kappa shape index (κ3) is 6.75. The molecule has 35 heavy (non-hydrogen) atoms. The van der Waals surface area contributed by atoms with Crippen LogP contribution < -0.4 is 9.03 Å². The van der Waals surface area contributed by atoms with Crippen molar-refractivity contribution in [2.24, 2.45) is 0 Å². The van der Waals surface area contributed by atoms with Gasteiger partial charge in [0.2, 0.25) is 10.0 Å². The van der Waals surface area contributed by atoms with Gasteiger partial charge < -0.3 is 5.11 Å². The van der Waals surface area contributed by atoms with E-state index in [1.165, 1.54) is 46.8 Å². The summed E-state index contributed by atoms with van der Waals surface area (Å²) in [6.07, 6.45) is 0.705. The first kappa shape index (κ1) is 27.4. The van der Waals surface area contributed by atoms with Crippen molar-refractivity contribution >= 4 is 48.9 Å². The minimum atomic E-state index is -4.06. The summed E-state index contributed by atoms with van der Waals surface area (Å²) in [6, 6.07) is 17.9. The lowest BCUT2D eigenvalue weighted by Crippen LogP contribution is -2.40. The second kappa shape index (κ2) is 11.7. The summed E-state index contributed by atoms with van der Waals surface area (Å²) in [6.45, 7) is 1.46. The van der Waals surface area contributed by atoms with Crippen LogP contribution in [-0.2, 0) is 26.7 Å². The molecule has 188 valence electrons. The molecular formula is C24H26Cl2N2O5S2. The molecule has 0 aliphatic rings. The van der Waals surface area contributed by atoms with Crippen LogP contribution in [0, 0.1) is 0 Å². The molecule has 3 aromatic carbocycles. The van der Waals surface area contributed by atoms with Crippen LogP contribution in [0.25, 0.3) is 0 Å². The average Bonchev–Trinajstić information content (AvgIpc) is 2.83. The summed E-state index contributed by atoms with van der Waals surface area (Å²) in [4.78, 5) is 0.189. The fourth-order valence-electron chi connectivity index (χ4n) is 3.60. The highest BCUT2D eigenvalue weighted by atomic mass is 35.5. The summed E-state index contributed by atoms with van der Waals surface area (Å²) in [5.41, 5.74) is 0.649. The van der Waals surface area contributed by atoms with Gasteiger partial charge in [-0.15, -0.1) is 0 Å². The predicted octanol–water partition coefficient (Wildman–Crippen LogP) is 4.83. The number of anilines is 1. The molecule has 0 saturated carbocycles. The maximum Gasteiger partial charge on any atom is 0.264 e. The number of nitrogens with one attached hydrogen (secondary N) is 1. The van der Waals surface area contributed by atoms with Crippen LogP contribution in [0.4, 0.5) is 5.69 Å². The van der Waals surface area contributed by atoms with Crippen molar-refractivity contribution in [3.63, 3.8) is 0 Å². The number of halogens is 2. The van der Waals surface area contributed by atoms with E-state index in [4.69, 9.17) is 23.2 Å². The molecule has 0 fully saturated rings. The van der Waals surface area contributed by atoms with Crippen LogP contribution in [0.5, 0.6) is 0 Å². The van der Waals surface area contributed by atoms with Crippen LogP contribution in [0.3, 0.4) is 0 Å². The number of benzene rings is 3. The van der Waals surface area contributed by atoms with Crippen molar-refractivity contribution in [2.75, 3.05) is 10.8 Å². The lowest BCUT2D eigenvalue weighted by atomic mass is 10.1. The fraction of sp³-hybridized carbons (Fsp3) is 0.250. The smallest absolute Gasteiger partial charge is 0.264 e. The van der Waals surface area contributed by atoms with Crippen LogP contribution in [0.15, 0.2) is 82.6 Å². The van der Waals surface area contributed by atoms with Gasteiger partial charge in [-0.2, -0.15) is 0 Å². The van der Waals surface area contributed by atoms with E-state index in [-0.39, 0.29) is 28.6 Å². The van der Waals surface area contributed by atoms with Gasteiger partial charge >= 0.3 is 0 Å². The van der Waals surface area contributed by atoms with Crippen LogP contribution >= 0.6 is 23.2 Å². The van der Waals surface area contributed by atoms with Gasteiger partial charge in [0.1, 0.15) is 0 Å². The Morgan fingerprint density at radius 2 is 1.51 bits per heavy atom. The molecule has 2 N–H and O–H groups in total. The molecule has 7 nitrogen and oxygen atoms in total. The molecule has 1 atom stereocenters. The molecule has 0 aromatic heterocycles. The maximum atomic E-state index is 13.7. The van der Waals surface area contributed by atoms with E-state index in [1.807, 2.05) is 0 Å². The van der Waals surface area contributed by atoms with Crippen molar-refractivity contribution in [2.45, 2.75) is 42.2 Å². The molecule has 0 bridgehead atoms. The normalized spacial score (nSPS) is 12.9. The van der Waals surface area contributed by atoms with E-state index in [1.54, 1.807) is 37.3 Å². The van der Waals surface area contributed by atoms with Gasteiger partial charge in [-0.1, -0.05) is 47.5 Å². The highest BCUT2D eigenvalue weighted by Gasteiger charge is 2.31. The maximum absolute atomic E-state index is 13.7. The Morgan fingerprint density at radius 3 is 2.14 bits per heavy atom. The SMILES string of the molecule is C[C@H](CCCNS(=O)(=O)c1ccccc1)N(c1cc(Cl)ccc1CO)S(=O)(=O)c1ccc(Cl)cc1. The Bertz CT molecular complexity index is 1350. The molecule has 0 radical (unpaired) electrons. The summed E-state index contributed by atoms with van der Waals surface area (Å²) in [5.74, 6) is 0. The fourth-order valence-corrected chi connectivity index (χ4v) is 6.71. The third-order valence-electron chi connectivity index (χ3n) is 5.37. The molecule has 3 aromatic rings. The topological polar surface area (TPSA) is 104 Å². The van der Waals surface area contributed by atoms with E-state index >= 15 is 0 Å². The number of hydrogen-bond donors (Lipinski definition) is 2. The molecule has 0 amide bonds. The molecule has 0 unspecified atom stereocenters.